The fourth-order valence-electron chi connectivity index (χ4n) is 2.91. The molecule has 4 aromatic rings. The number of benzene rings is 2. The van der Waals surface area contributed by atoms with Crippen LogP contribution in [-0.4, -0.2) is 16.5 Å². The van der Waals surface area contributed by atoms with Crippen molar-refractivity contribution in [2.24, 2.45) is 10.2 Å². The van der Waals surface area contributed by atoms with Crippen molar-refractivity contribution in [1.29, 1.82) is 0 Å². The molecule has 0 aliphatic rings. The van der Waals surface area contributed by atoms with Crippen molar-refractivity contribution < 1.29 is 4.74 Å². The van der Waals surface area contributed by atoms with Crippen LogP contribution in [0.3, 0.4) is 0 Å². The summed E-state index contributed by atoms with van der Waals surface area (Å²) in [7, 11) is 1.64. The maximum Gasteiger partial charge on any atom is 0.187 e. The van der Waals surface area contributed by atoms with E-state index in [1.54, 1.807) is 7.11 Å². The number of imidazole rings is 1. The van der Waals surface area contributed by atoms with Gasteiger partial charge < -0.3 is 4.74 Å². The Bertz CT molecular complexity index is 1130. The second kappa shape index (κ2) is 7.03. The molecule has 2 aromatic heterocycles. The van der Waals surface area contributed by atoms with E-state index in [9.17, 15) is 0 Å². The Kier molecular flexibility index (Phi) is 4.42. The van der Waals surface area contributed by atoms with Gasteiger partial charge in [-0.15, -0.1) is 10.2 Å². The zero-order valence-electron chi connectivity index (χ0n) is 15.5. The first-order valence-electron chi connectivity index (χ1n) is 8.76. The minimum absolute atomic E-state index is 0.713. The molecule has 0 spiro atoms. The predicted molar refractivity (Wildman–Crippen MR) is 107 cm³/mol. The second-order valence-corrected chi connectivity index (χ2v) is 6.41. The highest BCUT2D eigenvalue weighted by atomic mass is 16.5. The van der Waals surface area contributed by atoms with Crippen LogP contribution in [0.15, 0.2) is 77.1 Å². The van der Waals surface area contributed by atoms with E-state index in [0.29, 0.717) is 5.82 Å². The molecule has 134 valence electrons. The molecule has 0 aliphatic heterocycles. The molecule has 2 heterocycles. The van der Waals surface area contributed by atoms with Crippen molar-refractivity contribution in [3.05, 3.63) is 78.0 Å². The molecule has 5 nitrogen and oxygen atoms in total. The SMILES string of the molecule is COc1ccc(N=Nc2c(-c3ccc(C)c(C)c3)nc3ccccn23)cc1. The number of nitrogens with zero attached hydrogens (tertiary/aromatic N) is 4. The van der Waals surface area contributed by atoms with Gasteiger partial charge in [0.1, 0.15) is 17.1 Å². The molecule has 0 saturated heterocycles. The van der Waals surface area contributed by atoms with Crippen LogP contribution >= 0.6 is 0 Å². The monoisotopic (exact) mass is 356 g/mol. The lowest BCUT2D eigenvalue weighted by atomic mass is 10.0. The topological polar surface area (TPSA) is 51.2 Å². The molecule has 0 radical (unpaired) electrons. The summed E-state index contributed by atoms with van der Waals surface area (Å²) < 4.78 is 7.14. The highest BCUT2D eigenvalue weighted by Gasteiger charge is 2.14. The quantitative estimate of drug-likeness (QED) is 0.418. The Morgan fingerprint density at radius 2 is 1.70 bits per heavy atom. The number of methoxy groups -OCH3 is 1. The van der Waals surface area contributed by atoms with Gasteiger partial charge in [-0.3, -0.25) is 4.40 Å². The van der Waals surface area contributed by atoms with Gasteiger partial charge in [0.15, 0.2) is 5.82 Å². The summed E-state index contributed by atoms with van der Waals surface area (Å²) in [4.78, 5) is 4.78. The van der Waals surface area contributed by atoms with Crippen LogP contribution in [0.5, 0.6) is 5.75 Å². The molecule has 0 fully saturated rings. The Labute approximate surface area is 158 Å². The van der Waals surface area contributed by atoms with E-state index in [4.69, 9.17) is 9.72 Å². The van der Waals surface area contributed by atoms with Crippen LogP contribution in [0.4, 0.5) is 11.5 Å². The number of ether oxygens (including phenoxy) is 1. The summed E-state index contributed by atoms with van der Waals surface area (Å²) >= 11 is 0. The van der Waals surface area contributed by atoms with Crippen molar-refractivity contribution in [2.75, 3.05) is 7.11 Å². The van der Waals surface area contributed by atoms with Crippen molar-refractivity contribution in [3.8, 4) is 17.0 Å². The lowest BCUT2D eigenvalue weighted by Gasteiger charge is -2.04. The van der Waals surface area contributed by atoms with Crippen LogP contribution in [0, 0.1) is 13.8 Å². The first-order chi connectivity index (χ1) is 13.2. The Morgan fingerprint density at radius 3 is 2.44 bits per heavy atom. The van der Waals surface area contributed by atoms with Crippen LogP contribution < -0.4 is 4.74 Å². The average Bonchev–Trinajstić information content (AvgIpc) is 3.07. The average molecular weight is 356 g/mol. The van der Waals surface area contributed by atoms with E-state index in [2.05, 4.69) is 42.3 Å². The Hall–Kier alpha value is -3.47. The molecule has 5 heteroatoms. The van der Waals surface area contributed by atoms with Crippen molar-refractivity contribution >= 4 is 17.2 Å². The van der Waals surface area contributed by atoms with E-state index in [1.165, 1.54) is 11.1 Å². The molecular formula is C22H20N4O. The number of hydrogen-bond acceptors (Lipinski definition) is 4. The van der Waals surface area contributed by atoms with E-state index < -0.39 is 0 Å². The van der Waals surface area contributed by atoms with Crippen LogP contribution in [-0.2, 0) is 0 Å². The van der Waals surface area contributed by atoms with Gasteiger partial charge in [-0.1, -0.05) is 18.2 Å². The maximum atomic E-state index is 5.19. The molecule has 4 rings (SSSR count). The second-order valence-electron chi connectivity index (χ2n) is 6.41. The number of pyridine rings is 1. The van der Waals surface area contributed by atoms with Gasteiger partial charge >= 0.3 is 0 Å². The van der Waals surface area contributed by atoms with Crippen molar-refractivity contribution in [1.82, 2.24) is 9.38 Å². The Morgan fingerprint density at radius 1 is 0.889 bits per heavy atom. The van der Waals surface area contributed by atoms with Crippen LogP contribution in [0.2, 0.25) is 0 Å². The zero-order chi connectivity index (χ0) is 18.8. The van der Waals surface area contributed by atoms with E-state index >= 15 is 0 Å². The normalized spacial score (nSPS) is 11.4. The molecule has 0 unspecified atom stereocenters. The van der Waals surface area contributed by atoms with Gasteiger partial charge in [0.2, 0.25) is 0 Å². The van der Waals surface area contributed by atoms with Gasteiger partial charge in [0.25, 0.3) is 0 Å². The minimum atomic E-state index is 0.713. The fourth-order valence-corrected chi connectivity index (χ4v) is 2.91. The number of hydrogen-bond donors (Lipinski definition) is 0. The smallest absolute Gasteiger partial charge is 0.187 e. The molecule has 0 saturated carbocycles. The Balaban J connectivity index is 1.82. The lowest BCUT2D eigenvalue weighted by molar-refractivity contribution is 0.415. The van der Waals surface area contributed by atoms with E-state index in [1.807, 2.05) is 53.1 Å². The van der Waals surface area contributed by atoms with Crippen molar-refractivity contribution in [2.45, 2.75) is 13.8 Å². The highest BCUT2D eigenvalue weighted by molar-refractivity contribution is 5.75. The van der Waals surface area contributed by atoms with E-state index in [-0.39, 0.29) is 0 Å². The number of aryl methyl sites for hydroxylation is 2. The first kappa shape index (κ1) is 17.0. The number of azo groups is 1. The molecule has 0 N–H and O–H groups in total. The minimum Gasteiger partial charge on any atom is -0.497 e. The highest BCUT2D eigenvalue weighted by Crippen LogP contribution is 2.33. The van der Waals surface area contributed by atoms with Gasteiger partial charge in [0, 0.05) is 11.8 Å². The largest absolute Gasteiger partial charge is 0.497 e. The standard InChI is InChI=1S/C22H20N4O/c1-15-7-8-17(14-16(15)2)21-22(26-13-5-4-6-20(26)23-21)25-24-18-9-11-19(27-3)12-10-18/h4-14H,1-3H3. The molecule has 0 atom stereocenters. The van der Waals surface area contributed by atoms with Gasteiger partial charge in [-0.25, -0.2) is 4.98 Å². The van der Waals surface area contributed by atoms with Crippen LogP contribution in [0.25, 0.3) is 16.9 Å². The summed E-state index contributed by atoms with van der Waals surface area (Å²) in [6, 6.07) is 19.7. The number of rotatable bonds is 4. The van der Waals surface area contributed by atoms with Gasteiger partial charge in [-0.05, 0) is 67.4 Å². The number of aromatic nitrogens is 2. The fraction of sp³-hybridized carbons (Fsp3) is 0.136. The third-order valence-corrected chi connectivity index (χ3v) is 4.62. The molecule has 27 heavy (non-hydrogen) atoms. The number of fused-ring (bicyclic) bond motifs is 1. The van der Waals surface area contributed by atoms with Gasteiger partial charge in [0.05, 0.1) is 12.8 Å². The molecule has 2 aromatic carbocycles. The summed E-state index contributed by atoms with van der Waals surface area (Å²) in [6.07, 6.45) is 1.95. The summed E-state index contributed by atoms with van der Waals surface area (Å²) in [5, 5.41) is 8.94. The van der Waals surface area contributed by atoms with Crippen molar-refractivity contribution in [3.63, 3.8) is 0 Å². The van der Waals surface area contributed by atoms with E-state index in [0.717, 1.165) is 28.3 Å². The summed E-state index contributed by atoms with van der Waals surface area (Å²) in [6.45, 7) is 4.21. The predicted octanol–water partition coefficient (Wildman–Crippen LogP) is 6.04. The third-order valence-electron chi connectivity index (χ3n) is 4.62. The molecule has 0 amide bonds. The molecular weight excluding hydrogens is 336 g/mol. The lowest BCUT2D eigenvalue weighted by Crippen LogP contribution is -1.84. The third kappa shape index (κ3) is 3.31. The van der Waals surface area contributed by atoms with Gasteiger partial charge in [-0.2, -0.15) is 0 Å². The maximum absolute atomic E-state index is 5.19. The first-order valence-corrected chi connectivity index (χ1v) is 8.76. The van der Waals surface area contributed by atoms with Crippen LogP contribution in [0.1, 0.15) is 11.1 Å². The summed E-state index contributed by atoms with van der Waals surface area (Å²) in [5.74, 6) is 1.50. The molecule has 0 bridgehead atoms. The molecule has 0 aliphatic carbocycles. The summed E-state index contributed by atoms with van der Waals surface area (Å²) in [5.41, 5.74) is 5.93. The zero-order valence-corrected chi connectivity index (χ0v) is 15.5.